The first-order valence-electron chi connectivity index (χ1n) is 10.3. The van der Waals surface area contributed by atoms with Gasteiger partial charge in [0.1, 0.15) is 0 Å². The van der Waals surface area contributed by atoms with Gasteiger partial charge in [-0.25, -0.2) is 8.42 Å². The Balaban J connectivity index is 1.64. The SMILES string of the molecule is CC(C)N(C)S(=O)(=O)c1ccc(C(=O)N2CC(n3cccn3)Cc3ccccc32)cc1. The van der Waals surface area contributed by atoms with Crippen molar-refractivity contribution in [3.63, 3.8) is 0 Å². The first-order valence-corrected chi connectivity index (χ1v) is 11.7. The van der Waals surface area contributed by atoms with E-state index in [4.69, 9.17) is 0 Å². The highest BCUT2D eigenvalue weighted by Crippen LogP contribution is 2.32. The van der Waals surface area contributed by atoms with Crippen molar-refractivity contribution in [1.82, 2.24) is 14.1 Å². The molecule has 0 saturated heterocycles. The highest BCUT2D eigenvalue weighted by atomic mass is 32.2. The smallest absolute Gasteiger partial charge is 0.258 e. The average molecular weight is 439 g/mol. The Morgan fingerprint density at radius 1 is 1.10 bits per heavy atom. The fourth-order valence-electron chi connectivity index (χ4n) is 3.81. The number of hydrogen-bond donors (Lipinski definition) is 0. The minimum absolute atomic E-state index is 0.0354. The number of fused-ring (bicyclic) bond motifs is 1. The second-order valence-electron chi connectivity index (χ2n) is 8.03. The van der Waals surface area contributed by atoms with Gasteiger partial charge in [0.2, 0.25) is 10.0 Å². The van der Waals surface area contributed by atoms with Gasteiger partial charge in [-0.2, -0.15) is 9.40 Å². The summed E-state index contributed by atoms with van der Waals surface area (Å²) in [7, 11) is -2.04. The Morgan fingerprint density at radius 2 is 1.81 bits per heavy atom. The van der Waals surface area contributed by atoms with Gasteiger partial charge >= 0.3 is 0 Å². The zero-order chi connectivity index (χ0) is 22.2. The molecule has 1 atom stereocenters. The first kappa shape index (κ1) is 21.3. The number of carbonyl (C=O) groups excluding carboxylic acids is 1. The highest BCUT2D eigenvalue weighted by molar-refractivity contribution is 7.89. The van der Waals surface area contributed by atoms with E-state index in [0.717, 1.165) is 17.7 Å². The molecule has 0 N–H and O–H groups in total. The van der Waals surface area contributed by atoms with Crippen LogP contribution in [0.15, 0.2) is 71.9 Å². The van der Waals surface area contributed by atoms with Crippen LogP contribution in [0.3, 0.4) is 0 Å². The Hall–Kier alpha value is -2.97. The number of rotatable bonds is 5. The Bertz CT molecular complexity index is 1170. The van der Waals surface area contributed by atoms with Crippen molar-refractivity contribution in [3.05, 3.63) is 78.1 Å². The number of amides is 1. The molecular weight excluding hydrogens is 412 g/mol. The maximum Gasteiger partial charge on any atom is 0.258 e. The zero-order valence-electron chi connectivity index (χ0n) is 17.8. The number of carbonyl (C=O) groups is 1. The number of para-hydroxylation sites is 1. The molecule has 0 bridgehead atoms. The molecule has 2 aromatic carbocycles. The molecule has 0 saturated carbocycles. The number of aromatic nitrogens is 2. The molecule has 7 nitrogen and oxygen atoms in total. The maximum absolute atomic E-state index is 13.4. The van der Waals surface area contributed by atoms with E-state index in [9.17, 15) is 13.2 Å². The predicted octanol–water partition coefficient (Wildman–Crippen LogP) is 3.36. The second kappa shape index (κ2) is 8.28. The van der Waals surface area contributed by atoms with Crippen LogP contribution in [0.2, 0.25) is 0 Å². The molecule has 162 valence electrons. The molecule has 0 aliphatic carbocycles. The van der Waals surface area contributed by atoms with Crippen LogP contribution in [0.25, 0.3) is 0 Å². The molecule has 1 aliphatic rings. The summed E-state index contributed by atoms with van der Waals surface area (Å²) < 4.78 is 28.6. The number of nitrogens with zero attached hydrogens (tertiary/aromatic N) is 4. The quantitative estimate of drug-likeness (QED) is 0.612. The normalized spacial score (nSPS) is 16.5. The molecule has 1 amide bonds. The lowest BCUT2D eigenvalue weighted by atomic mass is 9.97. The van der Waals surface area contributed by atoms with Gasteiger partial charge in [-0.05, 0) is 62.2 Å². The van der Waals surface area contributed by atoms with Crippen molar-refractivity contribution < 1.29 is 13.2 Å². The summed E-state index contributed by atoms with van der Waals surface area (Å²) in [6.45, 7) is 4.13. The van der Waals surface area contributed by atoms with Gasteiger partial charge in [-0.3, -0.25) is 9.48 Å². The van der Waals surface area contributed by atoms with Gasteiger partial charge in [0.15, 0.2) is 0 Å². The van der Waals surface area contributed by atoms with E-state index < -0.39 is 10.0 Å². The topological polar surface area (TPSA) is 75.5 Å². The molecule has 0 spiro atoms. The highest BCUT2D eigenvalue weighted by Gasteiger charge is 2.30. The molecule has 3 aromatic rings. The van der Waals surface area contributed by atoms with Crippen LogP contribution < -0.4 is 4.90 Å². The lowest BCUT2D eigenvalue weighted by molar-refractivity contribution is 0.0980. The van der Waals surface area contributed by atoms with E-state index in [0.29, 0.717) is 12.1 Å². The van der Waals surface area contributed by atoms with Crippen LogP contribution in [0.4, 0.5) is 5.69 Å². The van der Waals surface area contributed by atoms with Crippen molar-refractivity contribution >= 4 is 21.6 Å². The molecule has 1 aromatic heterocycles. The number of sulfonamides is 1. The van der Waals surface area contributed by atoms with Gasteiger partial charge in [0, 0.05) is 43.3 Å². The summed E-state index contributed by atoms with van der Waals surface area (Å²) in [6, 6.07) is 15.8. The van der Waals surface area contributed by atoms with E-state index in [1.54, 1.807) is 30.3 Å². The lowest BCUT2D eigenvalue weighted by Crippen LogP contribution is -2.41. The van der Waals surface area contributed by atoms with Crippen molar-refractivity contribution in [2.75, 3.05) is 18.5 Å². The van der Waals surface area contributed by atoms with E-state index in [2.05, 4.69) is 5.10 Å². The van der Waals surface area contributed by atoms with Crippen molar-refractivity contribution in [2.45, 2.75) is 37.2 Å². The van der Waals surface area contributed by atoms with Gasteiger partial charge in [0.25, 0.3) is 5.91 Å². The van der Waals surface area contributed by atoms with Crippen LogP contribution in [0.1, 0.15) is 35.8 Å². The third-order valence-electron chi connectivity index (χ3n) is 5.78. The van der Waals surface area contributed by atoms with Gasteiger partial charge in [-0.15, -0.1) is 0 Å². The van der Waals surface area contributed by atoms with Crippen LogP contribution in [0.5, 0.6) is 0 Å². The van der Waals surface area contributed by atoms with E-state index >= 15 is 0 Å². The Labute approximate surface area is 183 Å². The van der Waals surface area contributed by atoms with Crippen molar-refractivity contribution in [2.24, 2.45) is 0 Å². The molecule has 2 heterocycles. The second-order valence-corrected chi connectivity index (χ2v) is 10.0. The van der Waals surface area contributed by atoms with Crippen LogP contribution in [0, 0.1) is 0 Å². The Kier molecular flexibility index (Phi) is 5.68. The molecule has 4 rings (SSSR count). The van der Waals surface area contributed by atoms with Gasteiger partial charge in [0.05, 0.1) is 10.9 Å². The minimum Gasteiger partial charge on any atom is -0.306 e. The summed E-state index contributed by atoms with van der Waals surface area (Å²) in [5.74, 6) is -0.162. The van der Waals surface area contributed by atoms with Crippen LogP contribution >= 0.6 is 0 Å². The van der Waals surface area contributed by atoms with Gasteiger partial charge < -0.3 is 4.90 Å². The van der Waals surface area contributed by atoms with Gasteiger partial charge in [-0.1, -0.05) is 18.2 Å². The van der Waals surface area contributed by atoms with Crippen LogP contribution in [-0.2, 0) is 16.4 Å². The van der Waals surface area contributed by atoms with E-state index in [-0.39, 0.29) is 22.9 Å². The number of anilines is 1. The molecule has 0 fully saturated rings. The molecule has 31 heavy (non-hydrogen) atoms. The van der Waals surface area contributed by atoms with Crippen molar-refractivity contribution in [1.29, 1.82) is 0 Å². The fraction of sp³-hybridized carbons (Fsp3) is 0.304. The summed E-state index contributed by atoms with van der Waals surface area (Å²) >= 11 is 0. The summed E-state index contributed by atoms with van der Waals surface area (Å²) in [5, 5.41) is 4.36. The third kappa shape index (κ3) is 4.00. The largest absolute Gasteiger partial charge is 0.306 e. The molecule has 1 unspecified atom stereocenters. The summed E-state index contributed by atoms with van der Waals surface area (Å²) in [6.07, 6.45) is 4.44. The molecule has 0 radical (unpaired) electrons. The van der Waals surface area contributed by atoms with E-state index in [1.807, 2.05) is 55.1 Å². The maximum atomic E-state index is 13.4. The fourth-order valence-corrected chi connectivity index (χ4v) is 5.18. The minimum atomic E-state index is -3.60. The van der Waals surface area contributed by atoms with E-state index in [1.165, 1.54) is 16.4 Å². The standard InChI is InChI=1S/C23H26N4O3S/c1-17(2)25(3)31(29,30)21-11-9-18(10-12-21)23(28)26-16-20(27-14-6-13-24-27)15-19-7-4-5-8-22(19)26/h4-14,17,20H,15-16H2,1-3H3. The van der Waals surface area contributed by atoms with Crippen molar-refractivity contribution in [3.8, 4) is 0 Å². The van der Waals surface area contributed by atoms with Crippen LogP contribution in [-0.4, -0.2) is 48.0 Å². The monoisotopic (exact) mass is 438 g/mol. The zero-order valence-corrected chi connectivity index (χ0v) is 18.7. The first-order chi connectivity index (χ1) is 14.8. The summed E-state index contributed by atoms with van der Waals surface area (Å²) in [4.78, 5) is 15.4. The molecule has 1 aliphatic heterocycles. The predicted molar refractivity (Wildman–Crippen MR) is 120 cm³/mol. The Morgan fingerprint density at radius 3 is 2.45 bits per heavy atom. The molecule has 8 heteroatoms. The average Bonchev–Trinajstić information content (AvgIpc) is 3.32. The summed E-state index contributed by atoms with van der Waals surface area (Å²) in [5.41, 5.74) is 2.41. The molecular formula is C23H26N4O3S. The number of benzene rings is 2. The lowest BCUT2D eigenvalue weighted by Gasteiger charge is -2.34. The third-order valence-corrected chi connectivity index (χ3v) is 7.83. The number of hydrogen-bond acceptors (Lipinski definition) is 4.